The molecule has 1 aliphatic rings. The maximum absolute atomic E-state index is 12.4. The Bertz CT molecular complexity index is 722. The van der Waals surface area contributed by atoms with Gasteiger partial charge in [0.25, 0.3) is 11.8 Å². The molecular formula is C20H21NO2S. The van der Waals surface area contributed by atoms with Gasteiger partial charge < -0.3 is 0 Å². The van der Waals surface area contributed by atoms with E-state index in [4.69, 9.17) is 0 Å². The Hall–Kier alpha value is -2.07. The number of hydrogen-bond donors (Lipinski definition) is 0. The monoisotopic (exact) mass is 339 g/mol. The highest BCUT2D eigenvalue weighted by molar-refractivity contribution is 7.98. The fraction of sp³-hybridized carbons (Fsp3) is 0.300. The number of carbonyl (C=O) groups is 2. The summed E-state index contributed by atoms with van der Waals surface area (Å²) < 4.78 is 0. The Labute approximate surface area is 147 Å². The molecule has 3 nitrogen and oxygen atoms in total. The Balaban J connectivity index is 1.69. The first kappa shape index (κ1) is 16.8. The molecule has 0 bridgehead atoms. The second-order valence-electron chi connectivity index (χ2n) is 5.97. The molecule has 24 heavy (non-hydrogen) atoms. The van der Waals surface area contributed by atoms with Gasteiger partial charge in [-0.2, -0.15) is 11.8 Å². The van der Waals surface area contributed by atoms with Crippen molar-refractivity contribution in [1.82, 2.24) is 4.90 Å². The average molecular weight is 339 g/mol. The summed E-state index contributed by atoms with van der Waals surface area (Å²) in [6, 6.07) is 15.2. The summed E-state index contributed by atoms with van der Waals surface area (Å²) in [6.07, 6.45) is 2.45. The smallest absolute Gasteiger partial charge is 0.261 e. The Morgan fingerprint density at radius 3 is 2.25 bits per heavy atom. The van der Waals surface area contributed by atoms with Gasteiger partial charge in [-0.1, -0.05) is 49.7 Å². The topological polar surface area (TPSA) is 37.4 Å². The standard InChI is InChI=1S/C20H21NO2S/c1-2-3-11-24-14-16-8-6-7-15(12-16)13-21-19(22)17-9-4-5-10-18(17)20(21)23/h4-10,12H,2-3,11,13-14H2,1H3. The van der Waals surface area contributed by atoms with E-state index in [2.05, 4.69) is 19.1 Å². The minimum Gasteiger partial charge on any atom is -0.270 e. The number of fused-ring (bicyclic) bond motifs is 1. The van der Waals surface area contributed by atoms with Crippen LogP contribution in [0.4, 0.5) is 0 Å². The van der Waals surface area contributed by atoms with Crippen molar-refractivity contribution in [1.29, 1.82) is 0 Å². The lowest BCUT2D eigenvalue weighted by Gasteiger charge is -2.14. The van der Waals surface area contributed by atoms with Crippen molar-refractivity contribution in [2.75, 3.05) is 5.75 Å². The van der Waals surface area contributed by atoms with Crippen LogP contribution in [0.5, 0.6) is 0 Å². The van der Waals surface area contributed by atoms with Gasteiger partial charge in [0.2, 0.25) is 0 Å². The second kappa shape index (κ2) is 7.67. The van der Waals surface area contributed by atoms with Crippen LogP contribution in [0, 0.1) is 0 Å². The molecule has 0 N–H and O–H groups in total. The summed E-state index contributed by atoms with van der Waals surface area (Å²) in [5.41, 5.74) is 3.26. The molecule has 2 amide bonds. The van der Waals surface area contributed by atoms with Gasteiger partial charge in [-0.25, -0.2) is 0 Å². The summed E-state index contributed by atoms with van der Waals surface area (Å²) in [5, 5.41) is 0. The van der Waals surface area contributed by atoms with Crippen molar-refractivity contribution in [3.05, 3.63) is 70.8 Å². The molecule has 0 saturated carbocycles. The van der Waals surface area contributed by atoms with Crippen LogP contribution in [0.2, 0.25) is 0 Å². The maximum Gasteiger partial charge on any atom is 0.261 e. The molecule has 0 fully saturated rings. The van der Waals surface area contributed by atoms with Crippen molar-refractivity contribution in [2.24, 2.45) is 0 Å². The highest BCUT2D eigenvalue weighted by Gasteiger charge is 2.34. The van der Waals surface area contributed by atoms with Gasteiger partial charge >= 0.3 is 0 Å². The lowest BCUT2D eigenvalue weighted by Crippen LogP contribution is -2.29. The van der Waals surface area contributed by atoms with E-state index in [0.29, 0.717) is 17.7 Å². The Morgan fingerprint density at radius 1 is 0.917 bits per heavy atom. The average Bonchev–Trinajstić information content (AvgIpc) is 2.85. The van der Waals surface area contributed by atoms with Crippen molar-refractivity contribution in [3.63, 3.8) is 0 Å². The largest absolute Gasteiger partial charge is 0.270 e. The van der Waals surface area contributed by atoms with E-state index in [1.165, 1.54) is 29.1 Å². The van der Waals surface area contributed by atoms with E-state index in [9.17, 15) is 9.59 Å². The summed E-state index contributed by atoms with van der Waals surface area (Å²) in [6.45, 7) is 2.53. The third-order valence-electron chi connectivity index (χ3n) is 4.12. The number of rotatable bonds is 7. The molecule has 0 radical (unpaired) electrons. The minimum absolute atomic E-state index is 0.196. The van der Waals surface area contributed by atoms with Crippen LogP contribution in [-0.4, -0.2) is 22.5 Å². The van der Waals surface area contributed by atoms with Crippen molar-refractivity contribution in [3.8, 4) is 0 Å². The molecule has 1 aliphatic heterocycles. The zero-order valence-electron chi connectivity index (χ0n) is 13.8. The van der Waals surface area contributed by atoms with Gasteiger partial charge in [-0.3, -0.25) is 14.5 Å². The van der Waals surface area contributed by atoms with Crippen LogP contribution < -0.4 is 0 Å². The van der Waals surface area contributed by atoms with Gasteiger partial charge in [0.05, 0.1) is 17.7 Å². The molecule has 0 spiro atoms. The van der Waals surface area contributed by atoms with Gasteiger partial charge in [0.15, 0.2) is 0 Å². The first-order valence-electron chi connectivity index (χ1n) is 8.31. The van der Waals surface area contributed by atoms with E-state index in [1.807, 2.05) is 23.9 Å². The number of benzene rings is 2. The predicted molar refractivity (Wildman–Crippen MR) is 98.2 cm³/mol. The zero-order chi connectivity index (χ0) is 16.9. The number of imide groups is 1. The highest BCUT2D eigenvalue weighted by atomic mass is 32.2. The van der Waals surface area contributed by atoms with E-state index in [-0.39, 0.29) is 11.8 Å². The number of unbranched alkanes of at least 4 members (excludes halogenated alkanes) is 1. The van der Waals surface area contributed by atoms with Crippen molar-refractivity contribution in [2.45, 2.75) is 32.1 Å². The summed E-state index contributed by atoms with van der Waals surface area (Å²) in [5.74, 6) is 1.74. The van der Waals surface area contributed by atoms with Crippen LogP contribution in [-0.2, 0) is 12.3 Å². The highest BCUT2D eigenvalue weighted by Crippen LogP contribution is 2.25. The van der Waals surface area contributed by atoms with Crippen LogP contribution in [0.15, 0.2) is 48.5 Å². The van der Waals surface area contributed by atoms with Gasteiger partial charge in [0, 0.05) is 5.75 Å². The first-order valence-corrected chi connectivity index (χ1v) is 9.47. The van der Waals surface area contributed by atoms with E-state index < -0.39 is 0 Å². The quantitative estimate of drug-likeness (QED) is 0.550. The van der Waals surface area contributed by atoms with Crippen LogP contribution in [0.25, 0.3) is 0 Å². The van der Waals surface area contributed by atoms with Crippen LogP contribution >= 0.6 is 11.8 Å². The third kappa shape index (κ3) is 3.54. The van der Waals surface area contributed by atoms with Crippen molar-refractivity contribution >= 4 is 23.6 Å². The fourth-order valence-electron chi connectivity index (χ4n) is 2.82. The van der Waals surface area contributed by atoms with Crippen molar-refractivity contribution < 1.29 is 9.59 Å². The van der Waals surface area contributed by atoms with Crippen LogP contribution in [0.1, 0.15) is 51.6 Å². The lowest BCUT2D eigenvalue weighted by molar-refractivity contribution is 0.0642. The zero-order valence-corrected chi connectivity index (χ0v) is 14.6. The summed E-state index contributed by atoms with van der Waals surface area (Å²) >= 11 is 1.93. The molecule has 3 rings (SSSR count). The second-order valence-corrected chi connectivity index (χ2v) is 7.07. The molecule has 0 aromatic heterocycles. The number of thioether (sulfide) groups is 1. The fourth-order valence-corrected chi connectivity index (χ4v) is 3.87. The van der Waals surface area contributed by atoms with E-state index >= 15 is 0 Å². The van der Waals surface area contributed by atoms with Gasteiger partial charge in [-0.15, -0.1) is 0 Å². The number of carbonyl (C=O) groups excluding carboxylic acids is 2. The summed E-state index contributed by atoms with van der Waals surface area (Å²) in [7, 11) is 0. The SMILES string of the molecule is CCCCSCc1cccc(CN2C(=O)c3ccccc3C2=O)c1. The molecule has 0 aliphatic carbocycles. The van der Waals surface area contributed by atoms with Gasteiger partial charge in [-0.05, 0) is 35.4 Å². The lowest BCUT2D eigenvalue weighted by atomic mass is 10.1. The van der Waals surface area contributed by atoms with Gasteiger partial charge in [0.1, 0.15) is 0 Å². The molecule has 2 aromatic rings. The number of nitrogens with zero attached hydrogens (tertiary/aromatic N) is 1. The minimum atomic E-state index is -0.196. The molecular weight excluding hydrogens is 318 g/mol. The molecule has 0 atom stereocenters. The molecule has 0 unspecified atom stereocenters. The number of amides is 2. The predicted octanol–water partition coefficient (Wildman–Crippen LogP) is 4.52. The molecule has 124 valence electrons. The van der Waals surface area contributed by atoms with E-state index in [1.54, 1.807) is 24.3 Å². The molecule has 4 heteroatoms. The maximum atomic E-state index is 12.4. The molecule has 1 heterocycles. The Kier molecular flexibility index (Phi) is 5.36. The molecule has 2 aromatic carbocycles. The normalized spacial score (nSPS) is 13.5. The first-order chi connectivity index (χ1) is 11.7. The number of hydrogen-bond acceptors (Lipinski definition) is 3. The summed E-state index contributed by atoms with van der Waals surface area (Å²) in [4.78, 5) is 26.2. The Morgan fingerprint density at radius 2 is 1.58 bits per heavy atom. The third-order valence-corrected chi connectivity index (χ3v) is 5.24. The van der Waals surface area contributed by atoms with E-state index in [0.717, 1.165) is 11.3 Å². The van der Waals surface area contributed by atoms with Crippen LogP contribution in [0.3, 0.4) is 0 Å². The molecule has 0 saturated heterocycles.